The number of hydrogen-bond donors (Lipinski definition) is 2. The molecular formula is C18H39IN4. The van der Waals surface area contributed by atoms with Crippen LogP contribution in [0.3, 0.4) is 0 Å². The van der Waals surface area contributed by atoms with Crippen LogP contribution >= 0.6 is 24.0 Å². The molecule has 0 aromatic rings. The highest BCUT2D eigenvalue weighted by molar-refractivity contribution is 14.0. The Kier molecular flexibility index (Phi) is 13.3. The summed E-state index contributed by atoms with van der Waals surface area (Å²) in [6.07, 6.45) is 6.37. The second-order valence-corrected chi connectivity index (χ2v) is 7.31. The molecule has 1 rings (SSSR count). The van der Waals surface area contributed by atoms with Gasteiger partial charge in [0.1, 0.15) is 0 Å². The van der Waals surface area contributed by atoms with Gasteiger partial charge in [0.25, 0.3) is 0 Å². The first-order chi connectivity index (χ1) is 10.5. The Hall–Kier alpha value is -0.0400. The van der Waals surface area contributed by atoms with Gasteiger partial charge in [-0.25, -0.2) is 0 Å². The van der Waals surface area contributed by atoms with Crippen molar-refractivity contribution < 1.29 is 0 Å². The van der Waals surface area contributed by atoms with Crippen molar-refractivity contribution in [3.05, 3.63) is 0 Å². The molecule has 1 saturated heterocycles. The fraction of sp³-hybridized carbons (Fsp3) is 0.944. The van der Waals surface area contributed by atoms with Crippen LogP contribution in [0.5, 0.6) is 0 Å². The van der Waals surface area contributed by atoms with Gasteiger partial charge in [0, 0.05) is 19.1 Å². The van der Waals surface area contributed by atoms with Gasteiger partial charge in [-0.1, -0.05) is 13.8 Å². The third kappa shape index (κ3) is 11.2. The molecular weight excluding hydrogens is 399 g/mol. The maximum absolute atomic E-state index is 4.77. The maximum Gasteiger partial charge on any atom is 0.191 e. The molecule has 0 aliphatic carbocycles. The molecule has 0 amide bonds. The lowest BCUT2D eigenvalue weighted by atomic mass is 9.94. The second-order valence-electron chi connectivity index (χ2n) is 7.31. The third-order valence-electron chi connectivity index (χ3n) is 4.55. The molecule has 1 unspecified atom stereocenters. The number of rotatable bonds is 8. The van der Waals surface area contributed by atoms with Gasteiger partial charge in [0.15, 0.2) is 5.96 Å². The predicted octanol–water partition coefficient (Wildman–Crippen LogP) is 3.72. The zero-order chi connectivity index (χ0) is 16.4. The zero-order valence-electron chi connectivity index (χ0n) is 15.9. The minimum Gasteiger partial charge on any atom is -0.357 e. The number of piperidine rings is 1. The molecule has 1 aliphatic heterocycles. The summed E-state index contributed by atoms with van der Waals surface area (Å²) in [5.41, 5.74) is 0. The van der Waals surface area contributed by atoms with Crippen LogP contribution < -0.4 is 10.6 Å². The van der Waals surface area contributed by atoms with Crippen LogP contribution in [0.4, 0.5) is 0 Å². The average molecular weight is 438 g/mol. The molecule has 138 valence electrons. The number of likely N-dealkylation sites (tertiary alicyclic amines) is 1. The van der Waals surface area contributed by atoms with E-state index in [4.69, 9.17) is 4.99 Å². The Morgan fingerprint density at radius 3 is 2.39 bits per heavy atom. The number of nitrogens with one attached hydrogen (secondary N) is 2. The van der Waals surface area contributed by atoms with E-state index in [0.29, 0.717) is 6.04 Å². The number of aliphatic imine (C=N–C) groups is 1. The Balaban J connectivity index is 0.00000484. The highest BCUT2D eigenvalue weighted by Gasteiger charge is 2.16. The molecule has 4 nitrogen and oxygen atoms in total. The number of hydrogen-bond acceptors (Lipinski definition) is 2. The molecule has 0 aromatic heterocycles. The van der Waals surface area contributed by atoms with Gasteiger partial charge < -0.3 is 15.5 Å². The minimum absolute atomic E-state index is 0. The van der Waals surface area contributed by atoms with E-state index in [1.54, 1.807) is 0 Å². The highest BCUT2D eigenvalue weighted by atomic mass is 127. The Labute approximate surface area is 161 Å². The summed E-state index contributed by atoms with van der Waals surface area (Å²) in [6, 6.07) is 0.489. The summed E-state index contributed by atoms with van der Waals surface area (Å²) in [4.78, 5) is 7.21. The van der Waals surface area contributed by atoms with Gasteiger partial charge in [-0.3, -0.25) is 4.99 Å². The molecule has 0 aromatic carbocycles. The fourth-order valence-corrected chi connectivity index (χ4v) is 2.92. The maximum atomic E-state index is 4.77. The first kappa shape index (κ1) is 23.0. The Morgan fingerprint density at radius 2 is 1.83 bits per heavy atom. The number of guanidine groups is 1. The zero-order valence-corrected chi connectivity index (χ0v) is 18.2. The van der Waals surface area contributed by atoms with E-state index in [2.05, 4.69) is 50.3 Å². The summed E-state index contributed by atoms with van der Waals surface area (Å²) in [7, 11) is 2.22. The van der Waals surface area contributed by atoms with Crippen molar-refractivity contribution in [2.75, 3.05) is 33.2 Å². The first-order valence-electron chi connectivity index (χ1n) is 9.24. The van der Waals surface area contributed by atoms with E-state index in [-0.39, 0.29) is 24.0 Å². The van der Waals surface area contributed by atoms with Gasteiger partial charge >= 0.3 is 0 Å². The van der Waals surface area contributed by atoms with Crippen molar-refractivity contribution in [2.45, 2.75) is 65.8 Å². The lowest BCUT2D eigenvalue weighted by Gasteiger charge is -2.28. The molecule has 0 spiro atoms. The van der Waals surface area contributed by atoms with E-state index in [1.807, 2.05) is 0 Å². The minimum atomic E-state index is 0. The van der Waals surface area contributed by atoms with Gasteiger partial charge in [-0.05, 0) is 77.9 Å². The lowest BCUT2D eigenvalue weighted by molar-refractivity contribution is 0.214. The van der Waals surface area contributed by atoms with Crippen LogP contribution in [-0.2, 0) is 0 Å². The number of halogens is 1. The molecule has 1 aliphatic rings. The summed E-state index contributed by atoms with van der Waals surface area (Å²) in [6.45, 7) is 13.3. The molecule has 1 heterocycles. The van der Waals surface area contributed by atoms with Crippen molar-refractivity contribution in [1.29, 1.82) is 0 Å². The molecule has 0 bridgehead atoms. The van der Waals surface area contributed by atoms with E-state index < -0.39 is 0 Å². The topological polar surface area (TPSA) is 39.7 Å². The Bertz CT molecular complexity index is 312. The average Bonchev–Trinajstić information content (AvgIpc) is 2.47. The summed E-state index contributed by atoms with van der Waals surface area (Å²) < 4.78 is 0. The van der Waals surface area contributed by atoms with Crippen LogP contribution in [0, 0.1) is 11.8 Å². The Morgan fingerprint density at radius 1 is 1.17 bits per heavy atom. The van der Waals surface area contributed by atoms with E-state index >= 15 is 0 Å². The summed E-state index contributed by atoms with van der Waals surface area (Å²) in [5, 5.41) is 6.93. The van der Waals surface area contributed by atoms with Crippen LogP contribution in [-0.4, -0.2) is 50.1 Å². The van der Waals surface area contributed by atoms with Crippen LogP contribution in [0.1, 0.15) is 59.8 Å². The van der Waals surface area contributed by atoms with Crippen LogP contribution in [0.15, 0.2) is 4.99 Å². The molecule has 2 N–H and O–H groups in total. The van der Waals surface area contributed by atoms with Gasteiger partial charge in [-0.2, -0.15) is 0 Å². The van der Waals surface area contributed by atoms with Crippen LogP contribution in [0.2, 0.25) is 0 Å². The number of nitrogens with zero attached hydrogens (tertiary/aromatic N) is 2. The first-order valence-corrected chi connectivity index (χ1v) is 9.24. The summed E-state index contributed by atoms with van der Waals surface area (Å²) in [5.74, 6) is 2.63. The molecule has 0 saturated carbocycles. The highest BCUT2D eigenvalue weighted by Crippen LogP contribution is 2.19. The van der Waals surface area contributed by atoms with Crippen molar-refractivity contribution >= 4 is 29.9 Å². The van der Waals surface area contributed by atoms with Crippen molar-refractivity contribution in [3.63, 3.8) is 0 Å². The van der Waals surface area contributed by atoms with Gasteiger partial charge in [0.2, 0.25) is 0 Å². The predicted molar refractivity (Wildman–Crippen MR) is 113 cm³/mol. The third-order valence-corrected chi connectivity index (χ3v) is 4.55. The SMILES string of the molecule is CCNC(=NCCC1CCN(C)CC1)NC(C)CCC(C)C.I. The molecule has 1 atom stereocenters. The van der Waals surface area contributed by atoms with Gasteiger partial charge in [0.05, 0.1) is 0 Å². The fourth-order valence-electron chi connectivity index (χ4n) is 2.92. The van der Waals surface area contributed by atoms with Crippen LogP contribution in [0.25, 0.3) is 0 Å². The summed E-state index contributed by atoms with van der Waals surface area (Å²) >= 11 is 0. The van der Waals surface area contributed by atoms with E-state index in [1.165, 1.54) is 45.2 Å². The van der Waals surface area contributed by atoms with Crippen molar-refractivity contribution in [2.24, 2.45) is 16.8 Å². The molecule has 23 heavy (non-hydrogen) atoms. The lowest BCUT2D eigenvalue weighted by Crippen LogP contribution is -2.42. The smallest absolute Gasteiger partial charge is 0.191 e. The van der Waals surface area contributed by atoms with Crippen molar-refractivity contribution in [3.8, 4) is 0 Å². The van der Waals surface area contributed by atoms with Gasteiger partial charge in [-0.15, -0.1) is 24.0 Å². The molecule has 0 radical (unpaired) electrons. The van der Waals surface area contributed by atoms with E-state index in [0.717, 1.165) is 30.9 Å². The van der Waals surface area contributed by atoms with E-state index in [9.17, 15) is 0 Å². The second kappa shape index (κ2) is 13.3. The quantitative estimate of drug-likeness (QED) is 0.345. The monoisotopic (exact) mass is 438 g/mol. The molecule has 1 fully saturated rings. The largest absolute Gasteiger partial charge is 0.357 e. The molecule has 5 heteroatoms. The van der Waals surface area contributed by atoms with Crippen molar-refractivity contribution in [1.82, 2.24) is 15.5 Å². The standard InChI is InChI=1S/C18H38N4.HI/c1-6-19-18(21-16(4)8-7-15(2)3)20-12-9-17-10-13-22(5)14-11-17;/h15-17H,6-14H2,1-5H3,(H2,19,20,21);1H. The normalized spacial score (nSPS) is 18.6.